The Morgan fingerprint density at radius 1 is 1.26 bits per heavy atom. The summed E-state index contributed by atoms with van der Waals surface area (Å²) in [6, 6.07) is 14.5. The van der Waals surface area contributed by atoms with Crippen molar-refractivity contribution in [3.8, 4) is 5.69 Å². The van der Waals surface area contributed by atoms with Gasteiger partial charge in [-0.1, -0.05) is 24.3 Å². The summed E-state index contributed by atoms with van der Waals surface area (Å²) >= 11 is 7.54. The average Bonchev–Trinajstić information content (AvgIpc) is 3.40. The number of hydrogen-bond donors (Lipinski definition) is 0. The van der Waals surface area contributed by atoms with Crippen LogP contribution in [-0.4, -0.2) is 38.5 Å². The molecule has 0 amide bonds. The smallest absolute Gasteiger partial charge is 0.203 e. The van der Waals surface area contributed by atoms with Crippen molar-refractivity contribution in [3.63, 3.8) is 0 Å². The fourth-order valence-corrected chi connectivity index (χ4v) is 4.63. The van der Waals surface area contributed by atoms with Gasteiger partial charge in [0, 0.05) is 30.3 Å². The first kappa shape index (κ1) is 18.6. The van der Waals surface area contributed by atoms with E-state index in [2.05, 4.69) is 34.5 Å². The van der Waals surface area contributed by atoms with E-state index >= 15 is 0 Å². The normalized spacial score (nSPS) is 17.0. The standard InChI is InChI=1S/C20H24N4OS2/c1-16-21-23(20(26)24(16)17-7-3-2-4-8-17)15-22(13-18-9-5-11-25-18)14-19-10-6-12-27-19/h2-4,6-8,10,12,18H,5,9,11,13-15H2,1H3/t18-/m1/s1. The third kappa shape index (κ3) is 4.38. The topological polar surface area (TPSA) is 35.2 Å². The predicted molar refractivity (Wildman–Crippen MR) is 111 cm³/mol. The molecule has 2 aromatic heterocycles. The highest BCUT2D eigenvalue weighted by Crippen LogP contribution is 2.19. The molecule has 0 saturated carbocycles. The first-order chi connectivity index (χ1) is 13.2. The molecule has 5 nitrogen and oxygen atoms in total. The number of aromatic nitrogens is 3. The minimum atomic E-state index is 0.302. The van der Waals surface area contributed by atoms with Crippen molar-refractivity contribution in [2.24, 2.45) is 0 Å². The molecular formula is C20H24N4OS2. The summed E-state index contributed by atoms with van der Waals surface area (Å²) in [6.45, 7) is 5.33. The monoisotopic (exact) mass is 400 g/mol. The molecule has 142 valence electrons. The number of nitrogens with zero attached hydrogens (tertiary/aromatic N) is 4. The van der Waals surface area contributed by atoms with E-state index in [1.54, 1.807) is 11.3 Å². The maximum Gasteiger partial charge on any atom is 0.203 e. The lowest BCUT2D eigenvalue weighted by atomic mass is 10.2. The number of ether oxygens (including phenoxy) is 1. The van der Waals surface area contributed by atoms with Gasteiger partial charge in [-0.05, 0) is 55.6 Å². The molecule has 1 aliphatic heterocycles. The van der Waals surface area contributed by atoms with Crippen LogP contribution in [0.2, 0.25) is 0 Å². The Kier molecular flexibility index (Phi) is 5.83. The predicted octanol–water partition coefficient (Wildman–Crippen LogP) is 4.41. The van der Waals surface area contributed by atoms with Crippen LogP contribution in [0.4, 0.5) is 0 Å². The molecule has 3 aromatic rings. The third-order valence-electron chi connectivity index (χ3n) is 4.79. The molecule has 1 aliphatic rings. The van der Waals surface area contributed by atoms with Crippen LogP contribution >= 0.6 is 23.6 Å². The third-order valence-corrected chi connectivity index (χ3v) is 6.05. The van der Waals surface area contributed by atoms with Crippen molar-refractivity contribution in [1.29, 1.82) is 0 Å². The van der Waals surface area contributed by atoms with Crippen molar-refractivity contribution in [1.82, 2.24) is 19.2 Å². The molecule has 1 atom stereocenters. The van der Waals surface area contributed by atoms with Gasteiger partial charge in [-0.25, -0.2) is 4.68 Å². The summed E-state index contributed by atoms with van der Waals surface area (Å²) in [5, 5.41) is 6.85. The van der Waals surface area contributed by atoms with Gasteiger partial charge < -0.3 is 4.74 Å². The molecule has 1 fully saturated rings. The van der Waals surface area contributed by atoms with Crippen LogP contribution in [0.25, 0.3) is 5.69 Å². The molecule has 7 heteroatoms. The lowest BCUT2D eigenvalue weighted by Crippen LogP contribution is -2.33. The number of para-hydroxylation sites is 1. The lowest BCUT2D eigenvalue weighted by Gasteiger charge is -2.24. The molecule has 27 heavy (non-hydrogen) atoms. The Hall–Kier alpha value is -1.80. The van der Waals surface area contributed by atoms with Crippen molar-refractivity contribution in [3.05, 3.63) is 63.3 Å². The van der Waals surface area contributed by atoms with E-state index in [1.807, 2.05) is 34.4 Å². The van der Waals surface area contributed by atoms with Crippen LogP contribution in [0, 0.1) is 11.7 Å². The largest absolute Gasteiger partial charge is 0.377 e. The van der Waals surface area contributed by atoms with Gasteiger partial charge in [0.2, 0.25) is 4.77 Å². The summed E-state index contributed by atoms with van der Waals surface area (Å²) in [7, 11) is 0. The highest BCUT2D eigenvalue weighted by atomic mass is 32.1. The Balaban J connectivity index is 1.57. The van der Waals surface area contributed by atoms with Gasteiger partial charge in [0.25, 0.3) is 0 Å². The average molecular weight is 401 g/mol. The molecule has 0 aliphatic carbocycles. The summed E-state index contributed by atoms with van der Waals surface area (Å²) in [5.74, 6) is 0.902. The zero-order chi connectivity index (χ0) is 18.6. The van der Waals surface area contributed by atoms with Crippen molar-refractivity contribution in [2.45, 2.75) is 39.1 Å². The quantitative estimate of drug-likeness (QED) is 0.550. The number of hydrogen-bond acceptors (Lipinski definition) is 5. The Morgan fingerprint density at radius 2 is 2.11 bits per heavy atom. The molecule has 0 spiro atoms. The second-order valence-corrected chi connectivity index (χ2v) is 8.26. The minimum Gasteiger partial charge on any atom is -0.377 e. The molecule has 1 saturated heterocycles. The minimum absolute atomic E-state index is 0.302. The SMILES string of the molecule is Cc1nn(CN(Cc2cccs2)C[C@H]2CCCO2)c(=S)n1-c1ccccc1. The zero-order valence-electron chi connectivity index (χ0n) is 15.5. The molecule has 0 unspecified atom stereocenters. The van der Waals surface area contributed by atoms with Crippen LogP contribution in [0.1, 0.15) is 23.5 Å². The Bertz CT molecular complexity index is 911. The van der Waals surface area contributed by atoms with Gasteiger partial charge in [-0.15, -0.1) is 11.3 Å². The molecule has 1 aromatic carbocycles. The van der Waals surface area contributed by atoms with E-state index in [4.69, 9.17) is 22.1 Å². The van der Waals surface area contributed by atoms with Gasteiger partial charge in [0.1, 0.15) is 5.82 Å². The van der Waals surface area contributed by atoms with E-state index in [-0.39, 0.29) is 0 Å². The molecule has 0 radical (unpaired) electrons. The second kappa shape index (κ2) is 8.48. The van der Waals surface area contributed by atoms with Crippen molar-refractivity contribution in [2.75, 3.05) is 13.2 Å². The van der Waals surface area contributed by atoms with Gasteiger partial charge in [-0.3, -0.25) is 9.47 Å². The maximum atomic E-state index is 5.87. The summed E-state index contributed by atoms with van der Waals surface area (Å²) < 4.78 is 10.6. The van der Waals surface area contributed by atoms with Gasteiger partial charge in [0.05, 0.1) is 12.8 Å². The summed E-state index contributed by atoms with van der Waals surface area (Å²) in [4.78, 5) is 3.73. The zero-order valence-corrected chi connectivity index (χ0v) is 17.1. The van der Waals surface area contributed by atoms with Gasteiger partial charge in [0.15, 0.2) is 0 Å². The summed E-state index contributed by atoms with van der Waals surface area (Å²) in [5.41, 5.74) is 1.05. The molecule has 0 N–H and O–H groups in total. The fourth-order valence-electron chi connectivity index (χ4n) is 3.54. The molecule has 4 rings (SSSR count). The van der Waals surface area contributed by atoms with Gasteiger partial charge >= 0.3 is 0 Å². The van der Waals surface area contributed by atoms with Crippen LogP contribution in [0.3, 0.4) is 0 Å². The van der Waals surface area contributed by atoms with Crippen molar-refractivity contribution >= 4 is 23.6 Å². The summed E-state index contributed by atoms with van der Waals surface area (Å²) in [6.07, 6.45) is 2.58. The Morgan fingerprint density at radius 3 is 2.81 bits per heavy atom. The maximum absolute atomic E-state index is 5.87. The molecule has 3 heterocycles. The van der Waals surface area contributed by atoms with E-state index in [9.17, 15) is 0 Å². The Labute approximate surface area is 168 Å². The van der Waals surface area contributed by atoms with Crippen LogP contribution in [-0.2, 0) is 18.0 Å². The second-order valence-electron chi connectivity index (χ2n) is 6.87. The van der Waals surface area contributed by atoms with Crippen LogP contribution in [0.15, 0.2) is 47.8 Å². The molecule has 0 bridgehead atoms. The van der Waals surface area contributed by atoms with Crippen LogP contribution in [0.5, 0.6) is 0 Å². The highest BCUT2D eigenvalue weighted by Gasteiger charge is 2.21. The number of thiophene rings is 1. The highest BCUT2D eigenvalue weighted by molar-refractivity contribution is 7.71. The van der Waals surface area contributed by atoms with E-state index in [0.29, 0.717) is 12.8 Å². The van der Waals surface area contributed by atoms with E-state index < -0.39 is 0 Å². The first-order valence-electron chi connectivity index (χ1n) is 9.29. The molecular weight excluding hydrogens is 376 g/mol. The lowest BCUT2D eigenvalue weighted by molar-refractivity contribution is 0.0571. The van der Waals surface area contributed by atoms with Crippen LogP contribution < -0.4 is 0 Å². The number of rotatable bonds is 7. The van der Waals surface area contributed by atoms with E-state index in [0.717, 1.165) is 48.8 Å². The number of aryl methyl sites for hydroxylation is 1. The first-order valence-corrected chi connectivity index (χ1v) is 10.6. The number of benzene rings is 1. The van der Waals surface area contributed by atoms with Gasteiger partial charge in [-0.2, -0.15) is 5.10 Å². The van der Waals surface area contributed by atoms with E-state index in [1.165, 1.54) is 4.88 Å². The van der Waals surface area contributed by atoms with Crippen molar-refractivity contribution < 1.29 is 4.74 Å². The fraction of sp³-hybridized carbons (Fsp3) is 0.400.